The van der Waals surface area contributed by atoms with E-state index in [0.717, 1.165) is 23.1 Å². The van der Waals surface area contributed by atoms with Gasteiger partial charge in [-0.05, 0) is 42.8 Å². The maximum absolute atomic E-state index is 13.5. The summed E-state index contributed by atoms with van der Waals surface area (Å²) in [5.74, 6) is -0.190. The number of allylic oxidation sites excluding steroid dienone is 3. The lowest BCUT2D eigenvalue weighted by atomic mass is 10.0. The Morgan fingerprint density at radius 1 is 1.00 bits per heavy atom. The third-order valence-corrected chi connectivity index (χ3v) is 4.19. The molecule has 0 fully saturated rings. The van der Waals surface area contributed by atoms with Gasteiger partial charge in [0.05, 0.1) is 0 Å². The monoisotopic (exact) mass is 289 g/mol. The number of hydrogen-bond acceptors (Lipinski definition) is 0. The van der Waals surface area contributed by atoms with Crippen molar-refractivity contribution in [3.8, 4) is 0 Å². The van der Waals surface area contributed by atoms with Crippen LogP contribution in [0.1, 0.15) is 18.2 Å². The molecule has 1 aliphatic rings. The van der Waals surface area contributed by atoms with Gasteiger partial charge in [-0.3, -0.25) is 0 Å². The summed E-state index contributed by atoms with van der Waals surface area (Å²) < 4.78 is 15.8. The first-order chi connectivity index (χ1) is 10.7. The minimum atomic E-state index is -0.190. The molecular weight excluding hydrogens is 273 g/mol. The average Bonchev–Trinajstić information content (AvgIpc) is 2.80. The largest absolute Gasteiger partial charge is 0.337 e. The van der Waals surface area contributed by atoms with Crippen LogP contribution in [0.15, 0.2) is 72.3 Å². The zero-order chi connectivity index (χ0) is 15.1. The molecule has 0 unspecified atom stereocenters. The Bertz CT molecular complexity index is 914. The van der Waals surface area contributed by atoms with Gasteiger partial charge in [0.2, 0.25) is 0 Å². The first-order valence-corrected chi connectivity index (χ1v) is 7.45. The molecule has 0 N–H and O–H groups in total. The Labute approximate surface area is 129 Å². The quantitative estimate of drug-likeness (QED) is 0.582. The maximum atomic E-state index is 13.5. The van der Waals surface area contributed by atoms with Crippen LogP contribution in [-0.2, 0) is 6.54 Å². The summed E-state index contributed by atoms with van der Waals surface area (Å²) in [5, 5.41) is 0.949. The van der Waals surface area contributed by atoms with Gasteiger partial charge in [-0.25, -0.2) is 4.39 Å². The zero-order valence-electron chi connectivity index (χ0n) is 12.4. The summed E-state index contributed by atoms with van der Waals surface area (Å²) in [4.78, 5) is 0. The third-order valence-electron chi connectivity index (χ3n) is 4.19. The van der Waals surface area contributed by atoms with E-state index in [4.69, 9.17) is 0 Å². The lowest BCUT2D eigenvalue weighted by Crippen LogP contribution is -2.00. The molecule has 22 heavy (non-hydrogen) atoms. The smallest absolute Gasteiger partial charge is 0.123 e. The van der Waals surface area contributed by atoms with Crippen molar-refractivity contribution in [2.24, 2.45) is 0 Å². The van der Waals surface area contributed by atoms with E-state index in [0.29, 0.717) is 0 Å². The number of halogens is 1. The van der Waals surface area contributed by atoms with Crippen LogP contribution in [0.25, 0.3) is 16.5 Å². The van der Waals surface area contributed by atoms with Crippen LogP contribution in [0.3, 0.4) is 0 Å². The molecular formula is C20H16FN. The maximum Gasteiger partial charge on any atom is 0.123 e. The highest BCUT2D eigenvalue weighted by Crippen LogP contribution is 2.32. The van der Waals surface area contributed by atoms with E-state index in [1.807, 2.05) is 24.3 Å². The molecule has 1 aliphatic heterocycles. The predicted molar refractivity (Wildman–Crippen MR) is 89.2 cm³/mol. The first kappa shape index (κ1) is 13.1. The Kier molecular flexibility index (Phi) is 2.97. The van der Waals surface area contributed by atoms with Crippen molar-refractivity contribution in [3.63, 3.8) is 0 Å². The van der Waals surface area contributed by atoms with Crippen molar-refractivity contribution < 1.29 is 4.39 Å². The van der Waals surface area contributed by atoms with Gasteiger partial charge in [-0.2, -0.15) is 0 Å². The Morgan fingerprint density at radius 3 is 2.64 bits per heavy atom. The van der Waals surface area contributed by atoms with Gasteiger partial charge in [0, 0.05) is 28.7 Å². The minimum absolute atomic E-state index is 0.190. The number of fused-ring (bicyclic) bond motifs is 3. The summed E-state index contributed by atoms with van der Waals surface area (Å²) in [6.07, 6.45) is 4.42. The number of hydrogen-bond donors (Lipinski definition) is 0. The number of aromatic nitrogens is 1. The average molecular weight is 289 g/mol. The first-order valence-electron chi connectivity index (χ1n) is 7.45. The summed E-state index contributed by atoms with van der Waals surface area (Å²) in [6.45, 7) is 2.93. The number of nitrogens with zero attached hydrogens (tertiary/aromatic N) is 1. The fourth-order valence-electron chi connectivity index (χ4n) is 3.11. The van der Waals surface area contributed by atoms with E-state index in [1.54, 1.807) is 6.07 Å². The SMILES string of the molecule is CC1=CCn2c(cc3cc(F)ccc32)C(c2ccccc2)=C1. The fourth-order valence-corrected chi connectivity index (χ4v) is 3.11. The molecule has 0 saturated heterocycles. The van der Waals surface area contributed by atoms with Crippen molar-refractivity contribution >= 4 is 16.5 Å². The van der Waals surface area contributed by atoms with Crippen molar-refractivity contribution in [3.05, 3.63) is 89.4 Å². The van der Waals surface area contributed by atoms with Gasteiger partial charge in [0.15, 0.2) is 0 Å². The van der Waals surface area contributed by atoms with Crippen molar-refractivity contribution in [2.45, 2.75) is 13.5 Å². The van der Waals surface area contributed by atoms with E-state index in [9.17, 15) is 4.39 Å². The highest BCUT2D eigenvalue weighted by atomic mass is 19.1. The summed E-state index contributed by atoms with van der Waals surface area (Å²) >= 11 is 0. The van der Waals surface area contributed by atoms with E-state index in [1.165, 1.54) is 22.8 Å². The summed E-state index contributed by atoms with van der Waals surface area (Å²) in [6, 6.07) is 17.4. The lowest BCUT2D eigenvalue weighted by molar-refractivity contribution is 0.629. The van der Waals surface area contributed by atoms with Gasteiger partial charge in [0.1, 0.15) is 5.82 Å². The molecule has 0 spiro atoms. The number of benzene rings is 2. The topological polar surface area (TPSA) is 4.93 Å². The summed E-state index contributed by atoms with van der Waals surface area (Å²) in [7, 11) is 0. The van der Waals surface area contributed by atoms with Gasteiger partial charge >= 0.3 is 0 Å². The van der Waals surface area contributed by atoms with E-state index >= 15 is 0 Å². The normalized spacial score (nSPS) is 14.3. The van der Waals surface area contributed by atoms with Crippen LogP contribution in [0.5, 0.6) is 0 Å². The van der Waals surface area contributed by atoms with Crippen molar-refractivity contribution in [1.82, 2.24) is 4.57 Å². The second kappa shape index (κ2) is 4.99. The van der Waals surface area contributed by atoms with E-state index in [-0.39, 0.29) is 5.82 Å². The molecule has 0 radical (unpaired) electrons. The van der Waals surface area contributed by atoms with Crippen LogP contribution < -0.4 is 0 Å². The van der Waals surface area contributed by atoms with Gasteiger partial charge < -0.3 is 4.57 Å². The minimum Gasteiger partial charge on any atom is -0.337 e. The van der Waals surface area contributed by atoms with Crippen LogP contribution in [0.2, 0.25) is 0 Å². The van der Waals surface area contributed by atoms with Crippen LogP contribution in [0.4, 0.5) is 4.39 Å². The lowest BCUT2D eigenvalue weighted by Gasteiger charge is -2.10. The van der Waals surface area contributed by atoms with Crippen LogP contribution >= 0.6 is 0 Å². The molecule has 2 aromatic carbocycles. The molecule has 1 nitrogen and oxygen atoms in total. The van der Waals surface area contributed by atoms with Crippen molar-refractivity contribution in [1.29, 1.82) is 0 Å². The standard InChI is InChI=1S/C20H16FN/c1-14-9-10-22-19-8-7-17(21)12-16(19)13-20(22)18(11-14)15-5-3-2-4-6-15/h2-9,11-13H,10H2,1H3. The highest BCUT2D eigenvalue weighted by molar-refractivity contribution is 5.90. The van der Waals surface area contributed by atoms with E-state index in [2.05, 4.69) is 41.8 Å². The van der Waals surface area contributed by atoms with Gasteiger partial charge in [-0.1, -0.05) is 42.0 Å². The van der Waals surface area contributed by atoms with Crippen LogP contribution in [0, 0.1) is 5.82 Å². The summed E-state index contributed by atoms with van der Waals surface area (Å²) in [5.41, 5.74) is 5.83. The molecule has 0 aliphatic carbocycles. The second-order valence-corrected chi connectivity index (χ2v) is 5.72. The fraction of sp³-hybridized carbons (Fsp3) is 0.100. The molecule has 3 aromatic rings. The Hall–Kier alpha value is -2.61. The van der Waals surface area contributed by atoms with E-state index < -0.39 is 0 Å². The van der Waals surface area contributed by atoms with Crippen LogP contribution in [-0.4, -0.2) is 4.57 Å². The van der Waals surface area contributed by atoms with Crippen molar-refractivity contribution in [2.75, 3.05) is 0 Å². The molecule has 0 saturated carbocycles. The second-order valence-electron chi connectivity index (χ2n) is 5.72. The highest BCUT2D eigenvalue weighted by Gasteiger charge is 2.16. The molecule has 2 heterocycles. The molecule has 2 heteroatoms. The van der Waals surface area contributed by atoms with Gasteiger partial charge in [0.25, 0.3) is 0 Å². The molecule has 0 bridgehead atoms. The Morgan fingerprint density at radius 2 is 1.82 bits per heavy atom. The molecule has 0 atom stereocenters. The molecule has 1 aromatic heterocycles. The predicted octanol–water partition coefficient (Wildman–Crippen LogP) is 5.17. The molecule has 108 valence electrons. The Balaban J connectivity index is 2.01. The molecule has 0 amide bonds. The third kappa shape index (κ3) is 2.08. The number of rotatable bonds is 1. The zero-order valence-corrected chi connectivity index (χ0v) is 12.4. The molecule has 4 rings (SSSR count). The van der Waals surface area contributed by atoms with Gasteiger partial charge in [-0.15, -0.1) is 0 Å².